The molecular formula is C24H26N8O3. The Kier molecular flexibility index (Phi) is 5.77. The van der Waals surface area contributed by atoms with Crippen molar-refractivity contribution in [2.24, 2.45) is 0 Å². The number of likely N-dealkylation sites (tertiary alicyclic amines) is 1. The van der Waals surface area contributed by atoms with Crippen molar-refractivity contribution in [3.05, 3.63) is 65.9 Å². The van der Waals surface area contributed by atoms with Gasteiger partial charge in [0.15, 0.2) is 5.65 Å². The molecule has 0 atom stereocenters. The second-order valence-electron chi connectivity index (χ2n) is 9.03. The van der Waals surface area contributed by atoms with Gasteiger partial charge in [0.1, 0.15) is 11.7 Å². The molecule has 4 aromatic heterocycles. The first-order chi connectivity index (χ1) is 16.8. The molecule has 0 aromatic carbocycles. The highest BCUT2D eigenvalue weighted by Gasteiger charge is 2.35. The zero-order valence-corrected chi connectivity index (χ0v) is 19.6. The van der Waals surface area contributed by atoms with Gasteiger partial charge in [0.25, 0.3) is 5.56 Å². The second-order valence-corrected chi connectivity index (χ2v) is 9.03. The van der Waals surface area contributed by atoms with Gasteiger partial charge in [-0.1, -0.05) is 6.07 Å². The minimum absolute atomic E-state index is 0.0817. The molecule has 11 heteroatoms. The zero-order valence-electron chi connectivity index (χ0n) is 19.6. The Labute approximate surface area is 201 Å². The second kappa shape index (κ2) is 8.91. The highest BCUT2D eigenvalue weighted by molar-refractivity contribution is 5.76. The average Bonchev–Trinajstić information content (AvgIpc) is 3.31. The molecule has 0 bridgehead atoms. The molecule has 2 amide bonds. The first-order valence-electron chi connectivity index (χ1n) is 11.3. The Bertz CT molecular complexity index is 1420. The summed E-state index contributed by atoms with van der Waals surface area (Å²) < 4.78 is 3.00. The van der Waals surface area contributed by atoms with E-state index in [4.69, 9.17) is 0 Å². The molecule has 0 radical (unpaired) electrons. The molecule has 1 saturated heterocycles. The lowest BCUT2D eigenvalue weighted by Crippen LogP contribution is -2.51. The number of piperidine rings is 1. The standard InChI is InChI=1S/C24H26N8O3/c1-29(2)23(34)30-8-5-24(35,6-9-30)15-31-16-27-21-20(22(31)33)14-28-32(21)19-10-18(12-26-13-19)17-4-3-7-25-11-17/h3-4,7,10-14,16,35H,5-6,8-9,15H2,1-2H3. The SMILES string of the molecule is CN(C)C(=O)N1CCC(O)(Cn2cnc3c(cnn3-c3cncc(-c4cccnc4)c3)c2=O)CC1. The molecule has 1 aliphatic rings. The molecule has 1 aliphatic heterocycles. The third-order valence-electron chi connectivity index (χ3n) is 6.33. The summed E-state index contributed by atoms with van der Waals surface area (Å²) >= 11 is 0. The summed E-state index contributed by atoms with van der Waals surface area (Å²) in [6, 6.07) is 5.63. The molecule has 35 heavy (non-hydrogen) atoms. The van der Waals surface area contributed by atoms with E-state index in [2.05, 4.69) is 20.1 Å². The average molecular weight is 475 g/mol. The molecule has 1 fully saturated rings. The Morgan fingerprint density at radius 1 is 1.11 bits per heavy atom. The molecule has 0 saturated carbocycles. The van der Waals surface area contributed by atoms with Crippen molar-refractivity contribution in [2.75, 3.05) is 27.2 Å². The Morgan fingerprint density at radius 3 is 2.60 bits per heavy atom. The number of pyridine rings is 2. The van der Waals surface area contributed by atoms with Crippen LogP contribution in [0.2, 0.25) is 0 Å². The van der Waals surface area contributed by atoms with E-state index in [1.807, 2.05) is 18.2 Å². The van der Waals surface area contributed by atoms with Crippen LogP contribution in [0.15, 0.2) is 60.3 Å². The van der Waals surface area contributed by atoms with E-state index in [-0.39, 0.29) is 18.1 Å². The van der Waals surface area contributed by atoms with Crippen LogP contribution in [0.25, 0.3) is 27.8 Å². The van der Waals surface area contributed by atoms with Gasteiger partial charge in [-0.3, -0.25) is 19.3 Å². The van der Waals surface area contributed by atoms with Gasteiger partial charge < -0.3 is 14.9 Å². The summed E-state index contributed by atoms with van der Waals surface area (Å²) in [4.78, 5) is 41.6. The van der Waals surface area contributed by atoms with E-state index in [0.29, 0.717) is 42.7 Å². The third-order valence-corrected chi connectivity index (χ3v) is 6.33. The van der Waals surface area contributed by atoms with Crippen molar-refractivity contribution in [3.8, 4) is 16.8 Å². The fourth-order valence-corrected chi connectivity index (χ4v) is 4.36. The lowest BCUT2D eigenvalue weighted by Gasteiger charge is -2.39. The van der Waals surface area contributed by atoms with Crippen molar-refractivity contribution >= 4 is 17.1 Å². The molecule has 4 aromatic rings. The van der Waals surface area contributed by atoms with Gasteiger partial charge in [-0.2, -0.15) is 5.10 Å². The zero-order chi connectivity index (χ0) is 24.6. The van der Waals surface area contributed by atoms with Gasteiger partial charge >= 0.3 is 6.03 Å². The number of rotatable bonds is 4. The number of aliphatic hydroxyl groups is 1. The number of urea groups is 1. The van der Waals surface area contributed by atoms with Gasteiger partial charge in [0.2, 0.25) is 0 Å². The van der Waals surface area contributed by atoms with Crippen LogP contribution >= 0.6 is 0 Å². The maximum atomic E-state index is 13.2. The number of carbonyl (C=O) groups is 1. The lowest BCUT2D eigenvalue weighted by atomic mass is 9.91. The fraction of sp³-hybridized carbons (Fsp3) is 0.333. The van der Waals surface area contributed by atoms with Crippen LogP contribution in [-0.2, 0) is 6.54 Å². The van der Waals surface area contributed by atoms with Gasteiger partial charge in [-0.25, -0.2) is 14.5 Å². The molecule has 0 spiro atoms. The number of carbonyl (C=O) groups excluding carboxylic acids is 1. The first-order valence-corrected chi connectivity index (χ1v) is 11.3. The first kappa shape index (κ1) is 22.7. The highest BCUT2D eigenvalue weighted by atomic mass is 16.3. The smallest absolute Gasteiger partial charge is 0.319 e. The maximum absolute atomic E-state index is 13.2. The minimum atomic E-state index is -1.10. The van der Waals surface area contributed by atoms with Crippen molar-refractivity contribution in [2.45, 2.75) is 25.0 Å². The molecular weight excluding hydrogens is 448 g/mol. The van der Waals surface area contributed by atoms with Crippen molar-refractivity contribution in [3.63, 3.8) is 0 Å². The summed E-state index contributed by atoms with van der Waals surface area (Å²) in [5, 5.41) is 15.8. The maximum Gasteiger partial charge on any atom is 0.319 e. The van der Waals surface area contributed by atoms with Crippen LogP contribution in [0.4, 0.5) is 4.79 Å². The van der Waals surface area contributed by atoms with Crippen molar-refractivity contribution < 1.29 is 9.90 Å². The highest BCUT2D eigenvalue weighted by Crippen LogP contribution is 2.25. The number of fused-ring (bicyclic) bond motifs is 1. The van der Waals surface area contributed by atoms with Crippen LogP contribution in [0.5, 0.6) is 0 Å². The number of hydrogen-bond acceptors (Lipinski definition) is 7. The number of aromatic nitrogens is 6. The summed E-state index contributed by atoms with van der Waals surface area (Å²) in [5.41, 5.74) is 1.49. The molecule has 180 valence electrons. The topological polar surface area (TPSA) is 122 Å². The summed E-state index contributed by atoms with van der Waals surface area (Å²) in [6.07, 6.45) is 10.5. The molecule has 0 aliphatic carbocycles. The van der Waals surface area contributed by atoms with Crippen molar-refractivity contribution in [1.82, 2.24) is 39.1 Å². The van der Waals surface area contributed by atoms with E-state index < -0.39 is 5.60 Å². The van der Waals surface area contributed by atoms with Gasteiger partial charge in [0.05, 0.1) is 30.2 Å². The van der Waals surface area contributed by atoms with E-state index in [1.54, 1.807) is 48.5 Å². The fourth-order valence-electron chi connectivity index (χ4n) is 4.36. The normalized spacial score (nSPS) is 15.3. The molecule has 5 rings (SSSR count). The van der Waals surface area contributed by atoms with Crippen LogP contribution < -0.4 is 5.56 Å². The summed E-state index contributed by atoms with van der Waals surface area (Å²) in [7, 11) is 3.41. The largest absolute Gasteiger partial charge is 0.388 e. The van der Waals surface area contributed by atoms with Crippen LogP contribution in [0.3, 0.4) is 0 Å². The predicted octanol–water partition coefficient (Wildman–Crippen LogP) is 1.55. The quantitative estimate of drug-likeness (QED) is 0.476. The van der Waals surface area contributed by atoms with Gasteiger partial charge in [-0.15, -0.1) is 0 Å². The Hall–Kier alpha value is -4.12. The molecule has 1 N–H and O–H groups in total. The van der Waals surface area contributed by atoms with E-state index >= 15 is 0 Å². The molecule has 5 heterocycles. The monoisotopic (exact) mass is 474 g/mol. The third kappa shape index (κ3) is 4.37. The number of nitrogens with zero attached hydrogens (tertiary/aromatic N) is 8. The Morgan fingerprint density at radius 2 is 1.89 bits per heavy atom. The van der Waals surface area contributed by atoms with E-state index in [1.165, 1.54) is 22.0 Å². The number of amides is 2. The van der Waals surface area contributed by atoms with Gasteiger partial charge in [-0.05, 0) is 25.0 Å². The van der Waals surface area contributed by atoms with Gasteiger partial charge in [0, 0.05) is 56.9 Å². The minimum Gasteiger partial charge on any atom is -0.388 e. The van der Waals surface area contributed by atoms with Crippen LogP contribution in [0, 0.1) is 0 Å². The molecule has 0 unspecified atom stereocenters. The van der Waals surface area contributed by atoms with Crippen LogP contribution in [-0.4, -0.2) is 83.0 Å². The van der Waals surface area contributed by atoms with Crippen molar-refractivity contribution in [1.29, 1.82) is 0 Å². The van der Waals surface area contributed by atoms with E-state index in [0.717, 1.165) is 11.1 Å². The summed E-state index contributed by atoms with van der Waals surface area (Å²) in [5.74, 6) is 0. The van der Waals surface area contributed by atoms with Crippen LogP contribution in [0.1, 0.15) is 12.8 Å². The molecule has 11 nitrogen and oxygen atoms in total. The predicted molar refractivity (Wildman–Crippen MR) is 129 cm³/mol. The number of hydrogen-bond donors (Lipinski definition) is 1. The Balaban J connectivity index is 1.39. The van der Waals surface area contributed by atoms with E-state index in [9.17, 15) is 14.7 Å². The lowest BCUT2D eigenvalue weighted by molar-refractivity contribution is -0.0282. The summed E-state index contributed by atoms with van der Waals surface area (Å²) in [6.45, 7) is 0.953.